The number of amides is 1. The predicted octanol–water partition coefficient (Wildman–Crippen LogP) is 0.239. The van der Waals surface area contributed by atoms with Crippen molar-refractivity contribution in [2.75, 3.05) is 36.6 Å². The molecule has 2 aliphatic rings. The number of hydrogen-bond acceptors (Lipinski definition) is 6. The number of carbonyl (C=O) groups is 1. The lowest BCUT2D eigenvalue weighted by atomic mass is 10.2. The van der Waals surface area contributed by atoms with Crippen molar-refractivity contribution in [1.29, 1.82) is 0 Å². The van der Waals surface area contributed by atoms with Gasteiger partial charge in [-0.1, -0.05) is 0 Å². The fourth-order valence-corrected chi connectivity index (χ4v) is 6.38. The van der Waals surface area contributed by atoms with Gasteiger partial charge in [-0.05, 0) is 24.6 Å². The number of sulfonamides is 1. The minimum Gasteiger partial charge on any atom is -0.490 e. The first-order valence-electron chi connectivity index (χ1n) is 7.85. The van der Waals surface area contributed by atoms with E-state index in [9.17, 15) is 21.6 Å². The third kappa shape index (κ3) is 3.38. The van der Waals surface area contributed by atoms with Crippen molar-refractivity contribution < 1.29 is 26.4 Å². The zero-order valence-electron chi connectivity index (χ0n) is 14.0. The lowest BCUT2D eigenvalue weighted by Gasteiger charge is -2.30. The molecule has 25 heavy (non-hydrogen) atoms. The van der Waals surface area contributed by atoms with Gasteiger partial charge in [0.15, 0.2) is 9.84 Å². The van der Waals surface area contributed by atoms with E-state index in [-0.39, 0.29) is 28.7 Å². The van der Waals surface area contributed by atoms with Gasteiger partial charge in [-0.3, -0.25) is 4.79 Å². The zero-order valence-corrected chi connectivity index (χ0v) is 15.6. The number of ether oxygens (including phenoxy) is 1. The van der Waals surface area contributed by atoms with Crippen molar-refractivity contribution in [3.8, 4) is 5.75 Å². The summed E-state index contributed by atoms with van der Waals surface area (Å²) in [5, 5.41) is 0. The third-order valence-electron chi connectivity index (χ3n) is 4.57. The fourth-order valence-electron chi connectivity index (χ4n) is 3.11. The number of rotatable bonds is 3. The molecule has 1 atom stereocenters. The molecule has 1 amide bonds. The third-order valence-corrected chi connectivity index (χ3v) is 8.23. The average Bonchev–Trinajstić information content (AvgIpc) is 2.92. The lowest BCUT2D eigenvalue weighted by molar-refractivity contribution is -0.116. The van der Waals surface area contributed by atoms with Crippen LogP contribution in [0.5, 0.6) is 5.75 Å². The summed E-state index contributed by atoms with van der Waals surface area (Å²) >= 11 is 0. The second-order valence-electron chi connectivity index (χ2n) is 6.23. The van der Waals surface area contributed by atoms with E-state index in [1.807, 2.05) is 0 Å². The largest absolute Gasteiger partial charge is 0.490 e. The Morgan fingerprint density at radius 2 is 2.08 bits per heavy atom. The molecule has 0 spiro atoms. The molecule has 0 aliphatic carbocycles. The Labute approximate surface area is 147 Å². The summed E-state index contributed by atoms with van der Waals surface area (Å²) < 4.78 is 55.6. The summed E-state index contributed by atoms with van der Waals surface area (Å²) in [5.41, 5.74) is 0.410. The number of anilines is 1. The molecule has 3 rings (SSSR count). The molecular weight excluding hydrogens is 368 g/mol. The van der Waals surface area contributed by atoms with Gasteiger partial charge < -0.3 is 9.64 Å². The van der Waals surface area contributed by atoms with Crippen molar-refractivity contribution in [3.63, 3.8) is 0 Å². The average molecular weight is 388 g/mol. The van der Waals surface area contributed by atoms with Gasteiger partial charge >= 0.3 is 0 Å². The Bertz CT molecular complexity index is 910. The Kier molecular flexibility index (Phi) is 4.54. The highest BCUT2D eigenvalue weighted by atomic mass is 32.2. The number of nitrogens with zero attached hydrogens (tertiary/aromatic N) is 2. The summed E-state index contributed by atoms with van der Waals surface area (Å²) in [6, 6.07) is 3.77. The molecule has 2 heterocycles. The van der Waals surface area contributed by atoms with Gasteiger partial charge in [0.2, 0.25) is 15.9 Å². The van der Waals surface area contributed by atoms with Crippen LogP contribution in [0.25, 0.3) is 0 Å². The van der Waals surface area contributed by atoms with E-state index < -0.39 is 25.9 Å². The highest BCUT2D eigenvalue weighted by Crippen LogP contribution is 2.35. The van der Waals surface area contributed by atoms with Gasteiger partial charge in [0.1, 0.15) is 12.4 Å². The second-order valence-corrected chi connectivity index (χ2v) is 10.5. The predicted molar refractivity (Wildman–Crippen MR) is 92.0 cm³/mol. The van der Waals surface area contributed by atoms with Crippen LogP contribution in [0.3, 0.4) is 0 Å². The molecule has 138 valence electrons. The maximum atomic E-state index is 12.9. The standard InChI is InChI=1S/C15H20N2O6S2/c1-11(18)17-6-7-23-15-4-3-13(9-14(15)17)25(21,22)16(2)12-5-8-24(19,20)10-12/h3-4,9,12H,5-8,10H2,1-2H3. The molecule has 8 nitrogen and oxygen atoms in total. The Morgan fingerprint density at radius 1 is 1.36 bits per heavy atom. The molecule has 1 fully saturated rings. The fraction of sp³-hybridized carbons (Fsp3) is 0.533. The van der Waals surface area contributed by atoms with Crippen LogP contribution in [0.1, 0.15) is 13.3 Å². The van der Waals surface area contributed by atoms with E-state index in [1.165, 1.54) is 37.1 Å². The summed E-state index contributed by atoms with van der Waals surface area (Å²) in [5.74, 6) is 0.0742. The second kappa shape index (κ2) is 6.26. The van der Waals surface area contributed by atoms with E-state index in [0.29, 0.717) is 24.6 Å². The zero-order chi connectivity index (χ0) is 18.4. The number of sulfone groups is 1. The molecule has 1 aromatic rings. The number of benzene rings is 1. The molecule has 2 aliphatic heterocycles. The van der Waals surface area contributed by atoms with Gasteiger partial charge in [-0.15, -0.1) is 0 Å². The van der Waals surface area contributed by atoms with Crippen LogP contribution < -0.4 is 9.64 Å². The van der Waals surface area contributed by atoms with E-state index in [1.54, 1.807) is 0 Å². The summed E-state index contributed by atoms with van der Waals surface area (Å²) in [6.45, 7) is 2.10. The van der Waals surface area contributed by atoms with E-state index >= 15 is 0 Å². The van der Waals surface area contributed by atoms with Crippen molar-refractivity contribution in [2.45, 2.75) is 24.3 Å². The van der Waals surface area contributed by atoms with Crippen LogP contribution in [-0.2, 0) is 24.7 Å². The minimum absolute atomic E-state index is 0.00628. The van der Waals surface area contributed by atoms with E-state index in [2.05, 4.69) is 0 Å². The highest BCUT2D eigenvalue weighted by Gasteiger charge is 2.37. The van der Waals surface area contributed by atoms with Gasteiger partial charge in [0.05, 0.1) is 28.6 Å². The van der Waals surface area contributed by atoms with Crippen molar-refractivity contribution in [1.82, 2.24) is 4.31 Å². The first kappa shape index (κ1) is 18.2. The smallest absolute Gasteiger partial charge is 0.243 e. The molecule has 0 bridgehead atoms. The summed E-state index contributed by atoms with van der Waals surface area (Å²) in [6.07, 6.45) is 0.283. The molecular formula is C15H20N2O6S2. The SMILES string of the molecule is CC(=O)N1CCOc2ccc(S(=O)(=O)N(C)C3CCS(=O)(=O)C3)cc21. The van der Waals surface area contributed by atoms with Crippen LogP contribution in [0.15, 0.2) is 23.1 Å². The molecule has 10 heteroatoms. The Morgan fingerprint density at radius 3 is 2.68 bits per heavy atom. The first-order valence-corrected chi connectivity index (χ1v) is 11.1. The molecule has 0 radical (unpaired) electrons. The normalized spacial score (nSPS) is 22.5. The molecule has 1 saturated heterocycles. The van der Waals surface area contributed by atoms with Crippen molar-refractivity contribution in [2.24, 2.45) is 0 Å². The topological polar surface area (TPSA) is 101 Å². The summed E-state index contributed by atoms with van der Waals surface area (Å²) in [7, 11) is -5.69. The maximum Gasteiger partial charge on any atom is 0.243 e. The Hall–Kier alpha value is -1.65. The van der Waals surface area contributed by atoms with E-state index in [4.69, 9.17) is 4.74 Å². The van der Waals surface area contributed by atoms with Crippen LogP contribution in [0, 0.1) is 0 Å². The molecule has 0 aromatic heterocycles. The van der Waals surface area contributed by atoms with Crippen LogP contribution in [0.2, 0.25) is 0 Å². The van der Waals surface area contributed by atoms with Crippen LogP contribution >= 0.6 is 0 Å². The molecule has 1 unspecified atom stereocenters. The van der Waals surface area contributed by atoms with Crippen molar-refractivity contribution >= 4 is 31.5 Å². The quantitative estimate of drug-likeness (QED) is 0.735. The Balaban J connectivity index is 1.95. The number of fused-ring (bicyclic) bond motifs is 1. The number of carbonyl (C=O) groups excluding carboxylic acids is 1. The van der Waals surface area contributed by atoms with E-state index in [0.717, 1.165) is 4.31 Å². The van der Waals surface area contributed by atoms with Crippen molar-refractivity contribution in [3.05, 3.63) is 18.2 Å². The highest BCUT2D eigenvalue weighted by molar-refractivity contribution is 7.92. The molecule has 0 saturated carbocycles. The van der Waals surface area contributed by atoms with Gasteiger partial charge in [0.25, 0.3) is 0 Å². The van der Waals surface area contributed by atoms with Gasteiger partial charge in [0, 0.05) is 20.0 Å². The molecule has 1 aromatic carbocycles. The minimum atomic E-state index is -3.88. The van der Waals surface area contributed by atoms with Crippen LogP contribution in [-0.4, -0.2) is 64.8 Å². The maximum absolute atomic E-state index is 12.9. The molecule has 0 N–H and O–H groups in total. The monoisotopic (exact) mass is 388 g/mol. The van der Waals surface area contributed by atoms with Crippen LogP contribution in [0.4, 0.5) is 5.69 Å². The first-order chi connectivity index (χ1) is 11.6. The van der Waals surface area contributed by atoms with Gasteiger partial charge in [-0.2, -0.15) is 4.31 Å². The van der Waals surface area contributed by atoms with Gasteiger partial charge in [-0.25, -0.2) is 16.8 Å². The summed E-state index contributed by atoms with van der Waals surface area (Å²) in [4.78, 5) is 13.3. The lowest BCUT2D eigenvalue weighted by Crippen LogP contribution is -2.38. The number of hydrogen-bond donors (Lipinski definition) is 0.